The van der Waals surface area contributed by atoms with Crippen molar-refractivity contribution in [2.45, 2.75) is 18.5 Å². The molecule has 2 atom stereocenters. The van der Waals surface area contributed by atoms with E-state index in [1.54, 1.807) is 29.2 Å². The molecule has 1 fully saturated rings. The molecule has 2 aliphatic heterocycles. The molecule has 1 aromatic heterocycles. The molecule has 0 bridgehead atoms. The number of rotatable bonds is 4. The summed E-state index contributed by atoms with van der Waals surface area (Å²) in [5.41, 5.74) is 10.7. The second-order valence-electron chi connectivity index (χ2n) is 9.04. The van der Waals surface area contributed by atoms with E-state index in [0.717, 1.165) is 27.7 Å². The summed E-state index contributed by atoms with van der Waals surface area (Å²) < 4.78 is 30.8. The predicted molar refractivity (Wildman–Crippen MR) is 132 cm³/mol. The highest BCUT2D eigenvalue weighted by Crippen LogP contribution is 2.47. The lowest BCUT2D eigenvalue weighted by molar-refractivity contribution is 0.147. The van der Waals surface area contributed by atoms with Crippen molar-refractivity contribution in [2.24, 2.45) is 0 Å². The van der Waals surface area contributed by atoms with Crippen LogP contribution in [0.3, 0.4) is 0 Å². The van der Waals surface area contributed by atoms with E-state index in [0.29, 0.717) is 23.2 Å². The van der Waals surface area contributed by atoms with Gasteiger partial charge in [-0.25, -0.2) is 9.18 Å². The molecule has 1 saturated heterocycles. The summed E-state index contributed by atoms with van der Waals surface area (Å²) in [7, 11) is 2.91. The summed E-state index contributed by atoms with van der Waals surface area (Å²) in [6.45, 7) is 0.264. The van der Waals surface area contributed by atoms with Crippen LogP contribution >= 0.6 is 0 Å². The molecule has 4 aromatic rings. The lowest BCUT2D eigenvalue weighted by atomic mass is 9.88. The van der Waals surface area contributed by atoms with Gasteiger partial charge in [0.1, 0.15) is 18.5 Å². The van der Waals surface area contributed by atoms with Crippen molar-refractivity contribution in [1.82, 2.24) is 9.88 Å². The van der Waals surface area contributed by atoms with Gasteiger partial charge < -0.3 is 30.0 Å². The van der Waals surface area contributed by atoms with Crippen molar-refractivity contribution >= 4 is 22.7 Å². The normalized spacial score (nSPS) is 18.6. The molecule has 0 spiro atoms. The van der Waals surface area contributed by atoms with Gasteiger partial charge in [-0.05, 0) is 65.6 Å². The quantitative estimate of drug-likeness (QED) is 0.357. The smallest absolute Gasteiger partial charge is 0.411 e. The third-order valence-electron chi connectivity index (χ3n) is 7.06. The van der Waals surface area contributed by atoms with Crippen LogP contribution in [0.4, 0.5) is 14.9 Å². The zero-order chi connectivity index (χ0) is 25.1. The number of carbonyl (C=O) groups excluding carboxylic acids is 1. The van der Waals surface area contributed by atoms with Gasteiger partial charge in [0, 0.05) is 27.8 Å². The number of benzene rings is 3. The van der Waals surface area contributed by atoms with Gasteiger partial charge in [0.15, 0.2) is 11.5 Å². The molecule has 0 radical (unpaired) electrons. The Morgan fingerprint density at radius 3 is 2.56 bits per heavy atom. The number of amides is 1. The van der Waals surface area contributed by atoms with Gasteiger partial charge in [0.25, 0.3) is 0 Å². The number of nitrogens with one attached hydrogen (secondary N) is 1. The maximum absolute atomic E-state index is 14.7. The van der Waals surface area contributed by atoms with Crippen molar-refractivity contribution in [1.29, 1.82) is 0 Å². The van der Waals surface area contributed by atoms with Gasteiger partial charge in [0.2, 0.25) is 5.75 Å². The highest BCUT2D eigenvalue weighted by atomic mass is 19.1. The number of halogens is 1. The van der Waals surface area contributed by atoms with Crippen molar-refractivity contribution in [3.05, 3.63) is 71.2 Å². The summed E-state index contributed by atoms with van der Waals surface area (Å²) in [6, 6.07) is 13.1. The lowest BCUT2D eigenvalue weighted by Crippen LogP contribution is -2.42. The van der Waals surface area contributed by atoms with E-state index in [4.69, 9.17) is 19.9 Å². The number of nitrogens with zero attached hydrogens (tertiary/aromatic N) is 1. The molecule has 36 heavy (non-hydrogen) atoms. The summed E-state index contributed by atoms with van der Waals surface area (Å²) in [4.78, 5) is 18.0. The van der Waals surface area contributed by atoms with Gasteiger partial charge >= 0.3 is 6.09 Å². The van der Waals surface area contributed by atoms with Crippen LogP contribution < -0.4 is 15.2 Å². The van der Waals surface area contributed by atoms with Crippen molar-refractivity contribution in [3.8, 4) is 28.4 Å². The van der Waals surface area contributed by atoms with Gasteiger partial charge in [-0.1, -0.05) is 6.07 Å². The number of nitrogen functional groups attached to an aromatic ring is 1. The zero-order valence-corrected chi connectivity index (χ0v) is 19.7. The van der Waals surface area contributed by atoms with Crippen LogP contribution in [0.25, 0.3) is 22.0 Å². The first-order chi connectivity index (χ1) is 17.4. The average Bonchev–Trinajstić information content (AvgIpc) is 3.42. The van der Waals surface area contributed by atoms with E-state index in [2.05, 4.69) is 4.98 Å². The number of aromatic hydroxyl groups is 1. The van der Waals surface area contributed by atoms with Crippen LogP contribution in [-0.2, 0) is 11.2 Å². The number of phenols is 1. The Balaban J connectivity index is 1.55. The first kappa shape index (κ1) is 22.1. The fraction of sp³-hybridized carbons (Fsp3) is 0.222. The van der Waals surface area contributed by atoms with E-state index in [1.807, 2.05) is 18.2 Å². The molecule has 3 aromatic carbocycles. The van der Waals surface area contributed by atoms with Crippen LogP contribution in [0, 0.1) is 5.82 Å². The molecular formula is C27H24FN3O5. The first-order valence-corrected chi connectivity index (χ1v) is 11.5. The molecule has 9 heteroatoms. The number of aromatic amines is 1. The zero-order valence-electron chi connectivity index (χ0n) is 19.7. The Labute approximate surface area is 206 Å². The molecule has 0 aliphatic carbocycles. The maximum atomic E-state index is 14.7. The summed E-state index contributed by atoms with van der Waals surface area (Å²) in [5.74, 6) is -0.0383. The Bertz CT molecular complexity index is 1510. The molecule has 184 valence electrons. The third-order valence-corrected chi connectivity index (χ3v) is 7.06. The molecule has 8 nitrogen and oxygen atoms in total. The average molecular weight is 490 g/mol. The summed E-state index contributed by atoms with van der Waals surface area (Å²) in [5, 5.41) is 11.4. The Morgan fingerprint density at radius 2 is 1.86 bits per heavy atom. The first-order valence-electron chi connectivity index (χ1n) is 11.5. The second-order valence-corrected chi connectivity index (χ2v) is 9.04. The number of carbonyl (C=O) groups is 1. The maximum Gasteiger partial charge on any atom is 0.411 e. The van der Waals surface area contributed by atoms with Crippen LogP contribution in [0.5, 0.6) is 17.2 Å². The van der Waals surface area contributed by atoms with E-state index < -0.39 is 12.1 Å². The topological polar surface area (TPSA) is 110 Å². The molecule has 1 amide bonds. The number of nitrogens with two attached hydrogens (primary N) is 1. The molecule has 2 aliphatic rings. The van der Waals surface area contributed by atoms with E-state index >= 15 is 0 Å². The molecule has 4 N–H and O–H groups in total. The minimum absolute atomic E-state index is 0.118. The fourth-order valence-corrected chi connectivity index (χ4v) is 5.37. The van der Waals surface area contributed by atoms with Gasteiger partial charge in [-0.15, -0.1) is 0 Å². The van der Waals surface area contributed by atoms with Gasteiger partial charge in [-0.2, -0.15) is 0 Å². The Kier molecular flexibility index (Phi) is 4.96. The SMILES string of the molecule is COc1cc([C@@H]2c3[nH]c4ccc(-c5ccc(N)cc5F)cc4c3C[C@H]3COC(=O)N32)cc(OC)c1O. The van der Waals surface area contributed by atoms with E-state index in [1.165, 1.54) is 20.3 Å². The van der Waals surface area contributed by atoms with Gasteiger partial charge in [-0.3, -0.25) is 4.90 Å². The molecular weight excluding hydrogens is 465 g/mol. The Hall–Kier alpha value is -4.40. The number of fused-ring (bicyclic) bond motifs is 4. The number of aromatic nitrogens is 1. The minimum atomic E-state index is -0.527. The molecule has 6 rings (SSSR count). The van der Waals surface area contributed by atoms with Crippen molar-refractivity contribution < 1.29 is 28.5 Å². The second kappa shape index (κ2) is 8.08. The molecule has 3 heterocycles. The number of ether oxygens (including phenoxy) is 3. The number of phenolic OH excluding ortho intramolecular Hbond substituents is 1. The van der Waals surface area contributed by atoms with E-state index in [9.17, 15) is 14.3 Å². The van der Waals surface area contributed by atoms with Crippen LogP contribution in [0.15, 0.2) is 48.5 Å². The monoisotopic (exact) mass is 489 g/mol. The number of methoxy groups -OCH3 is 2. The lowest BCUT2D eigenvalue weighted by Gasteiger charge is -2.36. The predicted octanol–water partition coefficient (Wildman–Crippen LogP) is 4.75. The summed E-state index contributed by atoms with van der Waals surface area (Å²) in [6.07, 6.45) is 0.169. The fourth-order valence-electron chi connectivity index (χ4n) is 5.37. The Morgan fingerprint density at radius 1 is 1.11 bits per heavy atom. The van der Waals surface area contributed by atoms with Gasteiger partial charge in [0.05, 0.1) is 20.3 Å². The number of hydrogen-bond donors (Lipinski definition) is 3. The van der Waals surface area contributed by atoms with Crippen molar-refractivity contribution in [2.75, 3.05) is 26.6 Å². The minimum Gasteiger partial charge on any atom is -0.502 e. The van der Waals surface area contributed by atoms with Crippen LogP contribution in [0.2, 0.25) is 0 Å². The third kappa shape index (κ3) is 3.23. The van der Waals surface area contributed by atoms with Crippen LogP contribution in [-0.4, -0.2) is 48.0 Å². The largest absolute Gasteiger partial charge is 0.502 e. The summed E-state index contributed by atoms with van der Waals surface area (Å²) >= 11 is 0. The van der Waals surface area contributed by atoms with Crippen molar-refractivity contribution in [3.63, 3.8) is 0 Å². The van der Waals surface area contributed by atoms with Crippen LogP contribution in [0.1, 0.15) is 22.9 Å². The number of cyclic esters (lactones) is 1. The molecule has 0 saturated carbocycles. The molecule has 0 unspecified atom stereocenters. The standard InChI is InChI=1S/C27H24FN3O5/c1-34-22-8-14(9-23(35-2)26(22)32)25-24-19(11-16-12-36-27(33)31(16)25)18-7-13(3-6-21(18)30-24)17-5-4-15(29)10-20(17)28/h3-10,16,25,30,32H,11-12,29H2,1-2H3/t16-,25+/m0/s1. The number of H-pyrrole nitrogens is 1. The highest BCUT2D eigenvalue weighted by Gasteiger charge is 2.45. The highest BCUT2D eigenvalue weighted by molar-refractivity contribution is 5.90. The van der Waals surface area contributed by atoms with E-state index in [-0.39, 0.29) is 35.7 Å². The number of hydrogen-bond acceptors (Lipinski definition) is 6. The number of anilines is 1.